The van der Waals surface area contributed by atoms with Crippen molar-refractivity contribution in [2.45, 2.75) is 69.8 Å². The van der Waals surface area contributed by atoms with Crippen molar-refractivity contribution in [2.24, 2.45) is 11.7 Å². The number of nitrogens with two attached hydrogens (primary N) is 2. The Labute approximate surface area is 183 Å². The van der Waals surface area contributed by atoms with Gasteiger partial charge in [-0.1, -0.05) is 25.6 Å². The van der Waals surface area contributed by atoms with Crippen molar-refractivity contribution in [3.63, 3.8) is 0 Å². The summed E-state index contributed by atoms with van der Waals surface area (Å²) in [6.07, 6.45) is 5.39. The monoisotopic (exact) mass is 445 g/mol. The Morgan fingerprint density at radius 3 is 2.80 bits per heavy atom. The molecule has 0 radical (unpaired) electrons. The molecule has 4 N–H and O–H groups in total. The molecule has 0 aliphatic heterocycles. The normalized spacial score (nSPS) is 13.8. The van der Waals surface area contributed by atoms with E-state index >= 15 is 0 Å². The first-order chi connectivity index (χ1) is 14.4. The van der Waals surface area contributed by atoms with Crippen molar-refractivity contribution in [1.82, 2.24) is 24.7 Å². The van der Waals surface area contributed by atoms with Gasteiger partial charge in [-0.25, -0.2) is 9.97 Å². The smallest absolute Gasteiger partial charge is 0.217 e. The molecule has 0 bridgehead atoms. The third-order valence-corrected chi connectivity index (χ3v) is 7.30. The average molecular weight is 446 g/mol. The topological polar surface area (TPSA) is 126 Å². The number of anilines is 1. The zero-order chi connectivity index (χ0) is 21.3. The Kier molecular flexibility index (Phi) is 6.24. The van der Waals surface area contributed by atoms with Crippen LogP contribution in [-0.2, 0) is 36.4 Å². The number of hydrogen-bond acceptors (Lipinski definition) is 8. The number of thiophene rings is 1. The number of nitrogen functional groups attached to an aromatic ring is 1. The van der Waals surface area contributed by atoms with E-state index in [9.17, 15) is 4.79 Å². The lowest BCUT2D eigenvalue weighted by molar-refractivity contribution is -0.118. The molecule has 10 heteroatoms. The summed E-state index contributed by atoms with van der Waals surface area (Å²) < 4.78 is 2.07. The van der Waals surface area contributed by atoms with Crippen LogP contribution in [0.25, 0.3) is 10.2 Å². The quantitative estimate of drug-likeness (QED) is 0.510. The summed E-state index contributed by atoms with van der Waals surface area (Å²) >= 11 is 3.30. The molecule has 3 heterocycles. The number of carbonyl (C=O) groups excluding carboxylic acids is 1. The highest BCUT2D eigenvalue weighted by Crippen LogP contribution is 2.38. The molecule has 3 aromatic rings. The number of aromatic nitrogens is 5. The zero-order valence-corrected chi connectivity index (χ0v) is 19.0. The maximum absolute atomic E-state index is 11.2. The molecule has 30 heavy (non-hydrogen) atoms. The van der Waals surface area contributed by atoms with Gasteiger partial charge in [-0.2, -0.15) is 0 Å². The Bertz CT molecular complexity index is 1070. The van der Waals surface area contributed by atoms with Gasteiger partial charge in [0.1, 0.15) is 22.3 Å². The minimum absolute atomic E-state index is 0.264. The number of aryl methyl sites for hydroxylation is 3. The summed E-state index contributed by atoms with van der Waals surface area (Å²) in [5.74, 6) is 2.73. The molecular formula is C20H27N7OS2. The molecule has 0 fully saturated rings. The summed E-state index contributed by atoms with van der Waals surface area (Å²) in [6, 6.07) is 0. The molecule has 4 rings (SSSR count). The van der Waals surface area contributed by atoms with Gasteiger partial charge < -0.3 is 16.0 Å². The first-order valence-electron chi connectivity index (χ1n) is 10.3. The SMILES string of the molecule is CC(C)Cn1c(CCC(N)=O)nnc1SCc1nc(N)c2c3c(sc2n1)CCCC3. The number of nitrogens with zero attached hydrogens (tertiary/aromatic N) is 5. The first kappa shape index (κ1) is 21.0. The Morgan fingerprint density at radius 2 is 2.03 bits per heavy atom. The van der Waals surface area contributed by atoms with Crippen LogP contribution in [0.4, 0.5) is 5.82 Å². The lowest BCUT2D eigenvalue weighted by atomic mass is 9.97. The van der Waals surface area contributed by atoms with Crippen molar-refractivity contribution in [3.05, 3.63) is 22.1 Å². The second kappa shape index (κ2) is 8.89. The fourth-order valence-electron chi connectivity index (χ4n) is 3.82. The Morgan fingerprint density at radius 1 is 1.23 bits per heavy atom. The van der Waals surface area contributed by atoms with Crippen molar-refractivity contribution >= 4 is 45.0 Å². The van der Waals surface area contributed by atoms with Crippen LogP contribution >= 0.6 is 23.1 Å². The molecule has 0 aromatic carbocycles. The van der Waals surface area contributed by atoms with E-state index in [-0.39, 0.29) is 12.3 Å². The van der Waals surface area contributed by atoms with E-state index < -0.39 is 0 Å². The second-order valence-corrected chi connectivity index (χ2v) is 10.1. The van der Waals surface area contributed by atoms with Crippen LogP contribution < -0.4 is 11.5 Å². The van der Waals surface area contributed by atoms with E-state index in [4.69, 9.17) is 16.5 Å². The maximum Gasteiger partial charge on any atom is 0.217 e. The molecule has 0 spiro atoms. The highest BCUT2D eigenvalue weighted by Gasteiger charge is 2.21. The second-order valence-electron chi connectivity index (χ2n) is 8.07. The van der Waals surface area contributed by atoms with Gasteiger partial charge in [-0.15, -0.1) is 21.5 Å². The maximum atomic E-state index is 11.2. The average Bonchev–Trinajstić information content (AvgIpc) is 3.25. The number of hydrogen-bond donors (Lipinski definition) is 2. The van der Waals surface area contributed by atoms with Gasteiger partial charge in [0.05, 0.1) is 11.1 Å². The van der Waals surface area contributed by atoms with E-state index in [0.29, 0.717) is 29.7 Å². The molecule has 1 amide bonds. The van der Waals surface area contributed by atoms with Crippen molar-refractivity contribution in [1.29, 1.82) is 0 Å². The number of carbonyl (C=O) groups is 1. The fourth-order valence-corrected chi connectivity index (χ4v) is 5.93. The number of primary amides is 1. The predicted octanol–water partition coefficient (Wildman–Crippen LogP) is 3.11. The highest BCUT2D eigenvalue weighted by atomic mass is 32.2. The van der Waals surface area contributed by atoms with Crippen molar-refractivity contribution in [3.8, 4) is 0 Å². The summed E-state index contributed by atoms with van der Waals surface area (Å²) in [4.78, 5) is 23.0. The number of thioether (sulfide) groups is 1. The van der Waals surface area contributed by atoms with E-state index in [1.165, 1.54) is 23.3 Å². The predicted molar refractivity (Wildman–Crippen MR) is 120 cm³/mol. The molecule has 1 aliphatic carbocycles. The van der Waals surface area contributed by atoms with Crippen LogP contribution in [0.3, 0.4) is 0 Å². The van der Waals surface area contributed by atoms with Crippen LogP contribution in [0.2, 0.25) is 0 Å². The number of fused-ring (bicyclic) bond motifs is 3. The van der Waals surface area contributed by atoms with E-state index in [1.54, 1.807) is 23.1 Å². The minimum Gasteiger partial charge on any atom is -0.383 e. The largest absolute Gasteiger partial charge is 0.383 e. The lowest BCUT2D eigenvalue weighted by Crippen LogP contribution is -2.15. The summed E-state index contributed by atoms with van der Waals surface area (Å²) in [5.41, 5.74) is 13.0. The molecule has 0 saturated heterocycles. The molecule has 8 nitrogen and oxygen atoms in total. The van der Waals surface area contributed by atoms with E-state index in [1.807, 2.05) is 0 Å². The molecule has 0 unspecified atom stereocenters. The molecule has 1 aliphatic rings. The van der Waals surface area contributed by atoms with Gasteiger partial charge in [0.2, 0.25) is 5.91 Å². The van der Waals surface area contributed by atoms with Gasteiger partial charge in [0.25, 0.3) is 0 Å². The van der Waals surface area contributed by atoms with Gasteiger partial charge in [0, 0.05) is 24.3 Å². The molecule has 160 valence electrons. The van der Waals surface area contributed by atoms with E-state index in [0.717, 1.165) is 40.6 Å². The minimum atomic E-state index is -0.334. The Hall–Kier alpha value is -2.20. The molecular weight excluding hydrogens is 418 g/mol. The lowest BCUT2D eigenvalue weighted by Gasteiger charge is -2.12. The van der Waals surface area contributed by atoms with Gasteiger partial charge in [0.15, 0.2) is 5.16 Å². The van der Waals surface area contributed by atoms with Crippen molar-refractivity contribution in [2.75, 3.05) is 5.73 Å². The van der Waals surface area contributed by atoms with Crippen LogP contribution in [0.1, 0.15) is 55.2 Å². The molecule has 3 aromatic heterocycles. The van der Waals surface area contributed by atoms with Gasteiger partial charge in [-0.3, -0.25) is 4.79 Å². The molecule has 0 atom stereocenters. The van der Waals surface area contributed by atoms with Crippen LogP contribution in [0.5, 0.6) is 0 Å². The number of amides is 1. The van der Waals surface area contributed by atoms with Crippen LogP contribution in [-0.4, -0.2) is 30.6 Å². The zero-order valence-electron chi connectivity index (χ0n) is 17.3. The Balaban J connectivity index is 1.55. The van der Waals surface area contributed by atoms with Gasteiger partial charge in [-0.05, 0) is 37.2 Å². The number of rotatable bonds is 8. The standard InChI is InChI=1S/C20H27N7OS2/c1-11(2)9-27-16(8-7-14(21)28)25-26-20(27)29-10-15-23-18(22)17-12-5-3-4-6-13(12)30-19(17)24-15/h11H,3-10H2,1-2H3,(H2,21,28)(H2,22,23,24). The summed E-state index contributed by atoms with van der Waals surface area (Å²) in [6.45, 7) is 5.06. The van der Waals surface area contributed by atoms with Crippen LogP contribution in [0.15, 0.2) is 5.16 Å². The van der Waals surface area contributed by atoms with E-state index in [2.05, 4.69) is 33.6 Å². The summed E-state index contributed by atoms with van der Waals surface area (Å²) in [7, 11) is 0. The van der Waals surface area contributed by atoms with Crippen LogP contribution in [0, 0.1) is 5.92 Å². The van der Waals surface area contributed by atoms with Crippen molar-refractivity contribution < 1.29 is 4.79 Å². The van der Waals surface area contributed by atoms with Gasteiger partial charge >= 0.3 is 0 Å². The fraction of sp³-hybridized carbons (Fsp3) is 0.550. The third kappa shape index (κ3) is 4.44. The molecule has 0 saturated carbocycles. The first-order valence-corrected chi connectivity index (χ1v) is 12.1. The third-order valence-electron chi connectivity index (χ3n) is 5.16. The summed E-state index contributed by atoms with van der Waals surface area (Å²) in [5, 5.41) is 10.5. The highest BCUT2D eigenvalue weighted by molar-refractivity contribution is 7.98.